The van der Waals surface area contributed by atoms with Crippen LogP contribution in [0.3, 0.4) is 0 Å². The fourth-order valence-corrected chi connectivity index (χ4v) is 3.71. The van der Waals surface area contributed by atoms with Gasteiger partial charge >= 0.3 is 0 Å². The van der Waals surface area contributed by atoms with Crippen LogP contribution in [0.15, 0.2) is 17.3 Å². The van der Waals surface area contributed by atoms with Crippen LogP contribution in [-0.2, 0) is 18.7 Å². The molecule has 0 atom stereocenters. The standard InChI is InChI=1S/C14H23N5S2/c1-5-11-6-7-12(21-11)10-20-13-16-17-18-19(13)9-8-15-14(2,3)4/h6-7,15H,5,8-10H2,1-4H3. The molecule has 0 aliphatic carbocycles. The summed E-state index contributed by atoms with van der Waals surface area (Å²) >= 11 is 3.57. The Kier molecular flexibility index (Phi) is 5.78. The van der Waals surface area contributed by atoms with Crippen molar-refractivity contribution in [2.75, 3.05) is 6.54 Å². The summed E-state index contributed by atoms with van der Waals surface area (Å²) in [6.45, 7) is 10.3. The summed E-state index contributed by atoms with van der Waals surface area (Å²) < 4.78 is 1.87. The Morgan fingerprint density at radius 2 is 2.05 bits per heavy atom. The topological polar surface area (TPSA) is 55.6 Å². The van der Waals surface area contributed by atoms with E-state index in [1.165, 1.54) is 9.75 Å². The zero-order valence-electron chi connectivity index (χ0n) is 13.1. The lowest BCUT2D eigenvalue weighted by Gasteiger charge is -2.20. The minimum absolute atomic E-state index is 0.120. The molecule has 2 rings (SSSR count). The van der Waals surface area contributed by atoms with Crippen LogP contribution in [0.25, 0.3) is 0 Å². The van der Waals surface area contributed by atoms with Gasteiger partial charge in [-0.15, -0.1) is 16.4 Å². The third-order valence-electron chi connectivity index (χ3n) is 2.89. The molecule has 0 aromatic carbocycles. The Hall–Kier alpha value is -0.920. The predicted molar refractivity (Wildman–Crippen MR) is 88.8 cm³/mol. The molecule has 0 saturated heterocycles. The maximum atomic E-state index is 4.11. The van der Waals surface area contributed by atoms with Gasteiger partial charge in [0.05, 0.1) is 6.54 Å². The van der Waals surface area contributed by atoms with E-state index in [2.05, 4.69) is 60.7 Å². The highest BCUT2D eigenvalue weighted by atomic mass is 32.2. The highest BCUT2D eigenvalue weighted by Gasteiger charge is 2.11. The van der Waals surface area contributed by atoms with Crippen LogP contribution in [-0.4, -0.2) is 32.3 Å². The molecule has 5 nitrogen and oxygen atoms in total. The van der Waals surface area contributed by atoms with Crippen LogP contribution in [0.4, 0.5) is 0 Å². The van der Waals surface area contributed by atoms with Gasteiger partial charge < -0.3 is 5.32 Å². The number of hydrogen-bond donors (Lipinski definition) is 1. The number of tetrazole rings is 1. The smallest absolute Gasteiger partial charge is 0.209 e. The van der Waals surface area contributed by atoms with Crippen molar-refractivity contribution in [1.82, 2.24) is 25.5 Å². The van der Waals surface area contributed by atoms with Gasteiger partial charge in [0.2, 0.25) is 5.16 Å². The van der Waals surface area contributed by atoms with Gasteiger partial charge in [-0.25, -0.2) is 4.68 Å². The zero-order valence-corrected chi connectivity index (χ0v) is 14.7. The zero-order chi connectivity index (χ0) is 15.3. The van der Waals surface area contributed by atoms with Gasteiger partial charge in [-0.2, -0.15) is 0 Å². The second kappa shape index (κ2) is 7.38. The normalized spacial score (nSPS) is 12.0. The fraction of sp³-hybridized carbons (Fsp3) is 0.643. The largest absolute Gasteiger partial charge is 0.310 e. The summed E-state index contributed by atoms with van der Waals surface area (Å²) in [7, 11) is 0. The van der Waals surface area contributed by atoms with Crippen LogP contribution in [0.1, 0.15) is 37.4 Å². The number of nitrogens with zero attached hydrogens (tertiary/aromatic N) is 4. The van der Waals surface area contributed by atoms with Gasteiger partial charge in [-0.1, -0.05) is 18.7 Å². The van der Waals surface area contributed by atoms with Crippen molar-refractivity contribution in [3.63, 3.8) is 0 Å². The van der Waals surface area contributed by atoms with E-state index in [1.807, 2.05) is 16.0 Å². The number of aryl methyl sites for hydroxylation is 1. The van der Waals surface area contributed by atoms with E-state index >= 15 is 0 Å². The molecule has 0 bridgehead atoms. The highest BCUT2D eigenvalue weighted by Crippen LogP contribution is 2.25. The quantitative estimate of drug-likeness (QED) is 0.793. The number of hydrogen-bond acceptors (Lipinski definition) is 6. The van der Waals surface area contributed by atoms with E-state index in [9.17, 15) is 0 Å². The summed E-state index contributed by atoms with van der Waals surface area (Å²) in [5.41, 5.74) is 0.120. The van der Waals surface area contributed by atoms with Gasteiger partial charge in [0.25, 0.3) is 0 Å². The first-order valence-electron chi connectivity index (χ1n) is 7.19. The minimum atomic E-state index is 0.120. The van der Waals surface area contributed by atoms with Gasteiger partial charge in [-0.05, 0) is 49.8 Å². The van der Waals surface area contributed by atoms with E-state index < -0.39 is 0 Å². The molecule has 0 aliphatic rings. The number of aromatic nitrogens is 4. The van der Waals surface area contributed by atoms with Gasteiger partial charge in [0, 0.05) is 27.6 Å². The molecule has 2 aromatic rings. The van der Waals surface area contributed by atoms with Gasteiger partial charge in [-0.3, -0.25) is 0 Å². The van der Waals surface area contributed by atoms with Crippen LogP contribution < -0.4 is 5.32 Å². The van der Waals surface area contributed by atoms with Gasteiger partial charge in [0.1, 0.15) is 0 Å². The number of thioether (sulfide) groups is 1. The average Bonchev–Trinajstić information content (AvgIpc) is 3.03. The van der Waals surface area contributed by atoms with Crippen molar-refractivity contribution in [3.8, 4) is 0 Å². The van der Waals surface area contributed by atoms with Crippen LogP contribution in [0, 0.1) is 0 Å². The van der Waals surface area contributed by atoms with Crippen molar-refractivity contribution in [2.24, 2.45) is 0 Å². The monoisotopic (exact) mass is 325 g/mol. The Balaban J connectivity index is 1.85. The first-order chi connectivity index (χ1) is 9.98. The number of thiophene rings is 1. The fourth-order valence-electron chi connectivity index (χ4n) is 1.80. The maximum absolute atomic E-state index is 4.11. The van der Waals surface area contributed by atoms with Crippen molar-refractivity contribution in [1.29, 1.82) is 0 Å². The van der Waals surface area contributed by atoms with E-state index in [0.29, 0.717) is 0 Å². The second-order valence-corrected chi connectivity index (χ2v) is 8.07. The van der Waals surface area contributed by atoms with Crippen LogP contribution in [0.5, 0.6) is 0 Å². The molecule has 0 aliphatic heterocycles. The number of rotatable bonds is 7. The maximum Gasteiger partial charge on any atom is 0.209 e. The molecule has 0 fully saturated rings. The lowest BCUT2D eigenvalue weighted by Crippen LogP contribution is -2.38. The Bertz CT molecular complexity index is 556. The summed E-state index contributed by atoms with van der Waals surface area (Å²) in [5, 5.41) is 16.3. The van der Waals surface area contributed by atoms with Crippen LogP contribution in [0.2, 0.25) is 0 Å². The molecule has 0 saturated carbocycles. The van der Waals surface area contributed by atoms with Crippen molar-refractivity contribution in [2.45, 2.75) is 57.1 Å². The molecule has 0 amide bonds. The summed E-state index contributed by atoms with van der Waals surface area (Å²) in [6.07, 6.45) is 1.10. The van der Waals surface area contributed by atoms with Gasteiger partial charge in [0.15, 0.2) is 0 Å². The lowest BCUT2D eigenvalue weighted by molar-refractivity contribution is 0.396. The van der Waals surface area contributed by atoms with Crippen molar-refractivity contribution in [3.05, 3.63) is 21.9 Å². The highest BCUT2D eigenvalue weighted by molar-refractivity contribution is 7.98. The van der Waals surface area contributed by atoms with E-state index in [0.717, 1.165) is 30.4 Å². The second-order valence-electron chi connectivity index (χ2n) is 5.87. The van der Waals surface area contributed by atoms with E-state index in [4.69, 9.17) is 0 Å². The first-order valence-corrected chi connectivity index (χ1v) is 9.00. The third-order valence-corrected chi connectivity index (χ3v) is 5.31. The molecule has 116 valence electrons. The average molecular weight is 326 g/mol. The molecule has 1 N–H and O–H groups in total. The lowest BCUT2D eigenvalue weighted by atomic mass is 10.1. The summed E-state index contributed by atoms with van der Waals surface area (Å²) in [6, 6.07) is 4.41. The number of nitrogens with one attached hydrogen (secondary N) is 1. The third kappa shape index (κ3) is 5.41. The van der Waals surface area contributed by atoms with E-state index in [1.54, 1.807) is 11.8 Å². The van der Waals surface area contributed by atoms with Crippen molar-refractivity contribution < 1.29 is 0 Å². The Morgan fingerprint density at radius 3 is 2.71 bits per heavy atom. The minimum Gasteiger partial charge on any atom is -0.310 e. The Labute approximate surface area is 134 Å². The molecule has 0 radical (unpaired) electrons. The molecule has 0 unspecified atom stereocenters. The Morgan fingerprint density at radius 1 is 1.29 bits per heavy atom. The molecular weight excluding hydrogens is 302 g/mol. The van der Waals surface area contributed by atoms with Crippen molar-refractivity contribution >= 4 is 23.1 Å². The SMILES string of the molecule is CCc1ccc(CSc2nnnn2CCNC(C)(C)C)s1. The molecule has 0 spiro atoms. The summed E-state index contributed by atoms with van der Waals surface area (Å²) in [5.74, 6) is 0.928. The molecular formula is C14H23N5S2. The summed E-state index contributed by atoms with van der Waals surface area (Å²) in [4.78, 5) is 2.80. The molecule has 2 heterocycles. The first kappa shape index (κ1) is 16.5. The van der Waals surface area contributed by atoms with Crippen LogP contribution >= 0.6 is 23.1 Å². The predicted octanol–water partition coefficient (Wildman–Crippen LogP) is 2.98. The molecule has 21 heavy (non-hydrogen) atoms. The molecule has 2 aromatic heterocycles. The van der Waals surface area contributed by atoms with E-state index in [-0.39, 0.29) is 5.54 Å². The molecule has 7 heteroatoms.